The molecule has 1 unspecified atom stereocenters. The Labute approximate surface area is 288 Å². The van der Waals surface area contributed by atoms with Crippen LogP contribution in [0.3, 0.4) is 0 Å². The van der Waals surface area contributed by atoms with Crippen molar-refractivity contribution in [3.8, 4) is 11.3 Å². The van der Waals surface area contributed by atoms with E-state index in [4.69, 9.17) is 9.47 Å². The molecule has 0 saturated heterocycles. The minimum atomic E-state index is -4.56. The van der Waals surface area contributed by atoms with Gasteiger partial charge >= 0.3 is 12.1 Å². The van der Waals surface area contributed by atoms with Crippen LogP contribution in [0.2, 0.25) is 0 Å². The van der Waals surface area contributed by atoms with Crippen molar-refractivity contribution in [1.82, 2.24) is 24.9 Å². The molecule has 4 aromatic rings. The predicted molar refractivity (Wildman–Crippen MR) is 182 cm³/mol. The van der Waals surface area contributed by atoms with E-state index in [0.717, 1.165) is 37.3 Å². The Morgan fingerprint density at radius 1 is 1.12 bits per heavy atom. The molecule has 2 fully saturated rings. The van der Waals surface area contributed by atoms with Gasteiger partial charge in [0.1, 0.15) is 11.2 Å². The number of anilines is 2. The zero-order valence-electron chi connectivity index (χ0n) is 28.7. The van der Waals surface area contributed by atoms with Gasteiger partial charge < -0.3 is 19.4 Å². The Morgan fingerprint density at radius 2 is 1.88 bits per heavy atom. The first-order valence-electron chi connectivity index (χ1n) is 17.0. The monoisotopic (exact) mass is 693 g/mol. The van der Waals surface area contributed by atoms with Crippen LogP contribution in [0.25, 0.3) is 22.4 Å². The molecule has 4 aromatic heterocycles. The lowest BCUT2D eigenvalue weighted by molar-refractivity contribution is -0.147. The number of halogens is 3. The summed E-state index contributed by atoms with van der Waals surface area (Å²) in [6.45, 7) is 5.04. The molecule has 1 amide bonds. The minimum Gasteiger partial charge on any atom is -0.466 e. The van der Waals surface area contributed by atoms with E-state index in [0.29, 0.717) is 50.2 Å². The number of pyridine rings is 3. The van der Waals surface area contributed by atoms with E-state index in [9.17, 15) is 22.8 Å². The van der Waals surface area contributed by atoms with Crippen LogP contribution in [-0.2, 0) is 26.9 Å². The molecule has 6 rings (SSSR count). The molecule has 0 bridgehead atoms. The smallest absolute Gasteiger partial charge is 0.418 e. The normalized spacial score (nSPS) is 16.4. The summed E-state index contributed by atoms with van der Waals surface area (Å²) in [5.74, 6) is -1.26. The van der Waals surface area contributed by atoms with Crippen molar-refractivity contribution in [3.63, 3.8) is 0 Å². The molecule has 1 atom stereocenters. The van der Waals surface area contributed by atoms with Crippen LogP contribution in [-0.4, -0.2) is 70.7 Å². The quantitative estimate of drug-likeness (QED) is 0.143. The maximum Gasteiger partial charge on any atom is 0.418 e. The maximum atomic E-state index is 14.2. The van der Waals surface area contributed by atoms with E-state index < -0.39 is 17.6 Å². The third kappa shape index (κ3) is 7.74. The second-order valence-electron chi connectivity index (χ2n) is 13.6. The number of methoxy groups -OCH3 is 1. The van der Waals surface area contributed by atoms with Gasteiger partial charge in [-0.2, -0.15) is 18.2 Å². The number of aromatic amines is 1. The molecule has 0 aliphatic heterocycles. The Hall–Kier alpha value is -4.59. The molecule has 50 heavy (non-hydrogen) atoms. The zero-order chi connectivity index (χ0) is 35.6. The van der Waals surface area contributed by atoms with Gasteiger partial charge in [-0.25, -0.2) is 4.98 Å². The van der Waals surface area contributed by atoms with Crippen molar-refractivity contribution < 1.29 is 32.2 Å². The average molecular weight is 694 g/mol. The van der Waals surface area contributed by atoms with Crippen molar-refractivity contribution in [3.05, 3.63) is 59.2 Å². The Balaban J connectivity index is 1.32. The second kappa shape index (κ2) is 14.3. The molecule has 2 saturated carbocycles. The van der Waals surface area contributed by atoms with E-state index >= 15 is 0 Å². The third-order valence-corrected chi connectivity index (χ3v) is 9.54. The molecule has 2 N–H and O–H groups in total. The summed E-state index contributed by atoms with van der Waals surface area (Å²) in [5.41, 5.74) is 2.06. The number of H-pyrrole nitrogens is 1. The number of alkyl halides is 3. The lowest BCUT2D eigenvalue weighted by atomic mass is 9.86. The molecule has 0 radical (unpaired) electrons. The van der Waals surface area contributed by atoms with Gasteiger partial charge in [-0.1, -0.05) is 25.8 Å². The molecule has 4 heterocycles. The standard InChI is InChI=1S/C36H42F3N7O4/c1-5-50-33(48)21(2)14-22-8-11-26(40-17-22)32(47)45-34-43-30-28(46(3)19-35(20-49-4)12-6-7-13-35)16-27(42-31(30)44-34)24-15-25(36(37,38)39)29(41-18-24)23-9-10-23/h8,11,15-18,21,23H,5-7,9-10,12-14,19-20H2,1-4H3,(H2,42,43,44,45,47). The number of imidazole rings is 1. The summed E-state index contributed by atoms with van der Waals surface area (Å²) in [4.78, 5) is 48.2. The Morgan fingerprint density at radius 3 is 2.52 bits per heavy atom. The summed E-state index contributed by atoms with van der Waals surface area (Å²) >= 11 is 0. The van der Waals surface area contributed by atoms with Crippen LogP contribution in [0, 0.1) is 11.3 Å². The van der Waals surface area contributed by atoms with Crippen LogP contribution in [0.4, 0.5) is 24.8 Å². The highest BCUT2D eigenvalue weighted by Gasteiger charge is 2.40. The molecule has 0 spiro atoms. The summed E-state index contributed by atoms with van der Waals surface area (Å²) in [7, 11) is 3.62. The highest BCUT2D eigenvalue weighted by Crippen LogP contribution is 2.46. The van der Waals surface area contributed by atoms with Crippen molar-refractivity contribution in [2.24, 2.45) is 11.3 Å². The topological polar surface area (TPSA) is 135 Å². The van der Waals surface area contributed by atoms with Gasteiger partial charge in [-0.05, 0) is 62.8 Å². The van der Waals surface area contributed by atoms with Crippen LogP contribution < -0.4 is 10.2 Å². The number of nitrogens with one attached hydrogen (secondary N) is 2. The fraction of sp³-hybridized carbons (Fsp3) is 0.500. The molecule has 11 nitrogen and oxygen atoms in total. The van der Waals surface area contributed by atoms with Gasteiger partial charge in [0.2, 0.25) is 5.95 Å². The number of fused-ring (bicyclic) bond motifs is 1. The first kappa shape index (κ1) is 35.2. The molecular formula is C36H42F3N7O4. The number of carbonyl (C=O) groups excluding carboxylic acids is 2. The minimum absolute atomic E-state index is 0.0716. The lowest BCUT2D eigenvalue weighted by Crippen LogP contribution is -2.37. The van der Waals surface area contributed by atoms with Crippen molar-refractivity contribution in [2.45, 2.75) is 70.9 Å². The van der Waals surface area contributed by atoms with Crippen LogP contribution >= 0.6 is 0 Å². The molecule has 2 aliphatic carbocycles. The van der Waals surface area contributed by atoms with E-state index in [2.05, 4.69) is 35.1 Å². The number of aromatic nitrogens is 5. The van der Waals surface area contributed by atoms with E-state index in [1.165, 1.54) is 6.20 Å². The van der Waals surface area contributed by atoms with Gasteiger partial charge in [-0.15, -0.1) is 0 Å². The highest BCUT2D eigenvalue weighted by atomic mass is 19.4. The number of amides is 1. The largest absolute Gasteiger partial charge is 0.466 e. The highest BCUT2D eigenvalue weighted by molar-refractivity contribution is 6.03. The molecule has 14 heteroatoms. The third-order valence-electron chi connectivity index (χ3n) is 9.54. The van der Waals surface area contributed by atoms with Gasteiger partial charge in [0.05, 0.1) is 41.8 Å². The first-order valence-corrected chi connectivity index (χ1v) is 17.0. The SMILES string of the molecule is CCOC(=O)C(C)Cc1ccc(C(=O)Nc2nc3nc(-c4cnc(C5CC5)c(C(F)(F)F)c4)cc(N(C)CC4(COC)CCCC4)c3[nH]2)nc1. The zero-order valence-corrected chi connectivity index (χ0v) is 28.7. The fourth-order valence-electron chi connectivity index (χ4n) is 6.94. The number of carbonyl (C=O) groups is 2. The average Bonchev–Trinajstić information content (AvgIpc) is 3.70. The number of hydrogen-bond acceptors (Lipinski definition) is 9. The number of nitrogens with zero attached hydrogens (tertiary/aromatic N) is 5. The first-order chi connectivity index (χ1) is 23.9. The van der Waals surface area contributed by atoms with Crippen LogP contribution in [0.5, 0.6) is 0 Å². The second-order valence-corrected chi connectivity index (χ2v) is 13.6. The molecular weight excluding hydrogens is 651 g/mol. The maximum absolute atomic E-state index is 14.2. The number of ether oxygens (including phenoxy) is 2. The number of esters is 1. The molecule has 0 aromatic carbocycles. The number of rotatable bonds is 13. The van der Waals surface area contributed by atoms with E-state index in [1.54, 1.807) is 45.4 Å². The Kier molecular flexibility index (Phi) is 10.1. The van der Waals surface area contributed by atoms with Crippen molar-refractivity contribution >= 4 is 34.7 Å². The van der Waals surface area contributed by atoms with Gasteiger partial charge in [-0.3, -0.25) is 24.9 Å². The van der Waals surface area contributed by atoms with Crippen LogP contribution in [0.15, 0.2) is 36.7 Å². The van der Waals surface area contributed by atoms with Crippen molar-refractivity contribution in [2.75, 3.05) is 44.1 Å². The summed E-state index contributed by atoms with van der Waals surface area (Å²) in [6.07, 6.45) is 4.38. The molecule has 2 aliphatic rings. The van der Waals surface area contributed by atoms with Gasteiger partial charge in [0.15, 0.2) is 5.65 Å². The number of hydrogen-bond donors (Lipinski definition) is 2. The van der Waals surface area contributed by atoms with Crippen LogP contribution in [0.1, 0.15) is 85.6 Å². The lowest BCUT2D eigenvalue weighted by Gasteiger charge is -2.34. The van der Waals surface area contributed by atoms with Gasteiger partial charge in [0.25, 0.3) is 5.91 Å². The summed E-state index contributed by atoms with van der Waals surface area (Å²) in [5, 5.41) is 2.74. The summed E-state index contributed by atoms with van der Waals surface area (Å²) in [6, 6.07) is 6.16. The van der Waals surface area contributed by atoms with Gasteiger partial charge in [0, 0.05) is 50.0 Å². The van der Waals surface area contributed by atoms with E-state index in [1.807, 2.05) is 7.05 Å². The summed E-state index contributed by atoms with van der Waals surface area (Å²) < 4.78 is 53.2. The van der Waals surface area contributed by atoms with Crippen molar-refractivity contribution in [1.29, 1.82) is 0 Å². The molecule has 266 valence electrons. The predicted octanol–water partition coefficient (Wildman–Crippen LogP) is 6.95. The fourth-order valence-corrected chi connectivity index (χ4v) is 6.94. The Bertz CT molecular complexity index is 1850. The van der Waals surface area contributed by atoms with E-state index in [-0.39, 0.29) is 57.5 Å².